The van der Waals surface area contributed by atoms with E-state index in [0.717, 1.165) is 29.5 Å². The third-order valence-electron chi connectivity index (χ3n) is 4.54. The topological polar surface area (TPSA) is 63.2 Å². The van der Waals surface area contributed by atoms with E-state index in [4.69, 9.17) is 0 Å². The molecule has 3 aromatic rings. The number of amides is 1. The molecule has 128 valence electrons. The van der Waals surface area contributed by atoms with E-state index >= 15 is 0 Å². The van der Waals surface area contributed by atoms with Gasteiger partial charge in [-0.3, -0.25) is 19.6 Å². The molecule has 0 saturated heterocycles. The third-order valence-corrected chi connectivity index (χ3v) is 4.54. The number of aryl methyl sites for hydroxylation is 1. The van der Waals surface area contributed by atoms with E-state index in [1.165, 1.54) is 0 Å². The van der Waals surface area contributed by atoms with Crippen LogP contribution in [-0.4, -0.2) is 28.2 Å². The van der Waals surface area contributed by atoms with Gasteiger partial charge in [-0.05, 0) is 48.2 Å². The van der Waals surface area contributed by atoms with Crippen LogP contribution in [0.4, 0.5) is 5.69 Å². The second-order valence-electron chi connectivity index (χ2n) is 6.22. The Hall–Kier alpha value is -3.34. The van der Waals surface area contributed by atoms with Crippen molar-refractivity contribution in [3.8, 4) is 11.1 Å². The number of carbonyl (C=O) groups is 2. The number of aromatic nitrogens is 2. The van der Waals surface area contributed by atoms with Gasteiger partial charge in [0.2, 0.25) is 0 Å². The maximum atomic E-state index is 12.4. The number of anilines is 1. The Balaban J connectivity index is 1.54. The molecule has 0 unspecified atom stereocenters. The van der Waals surface area contributed by atoms with Crippen molar-refractivity contribution in [2.24, 2.45) is 0 Å². The van der Waals surface area contributed by atoms with Crippen LogP contribution >= 0.6 is 0 Å². The summed E-state index contributed by atoms with van der Waals surface area (Å²) in [6, 6.07) is 13.3. The van der Waals surface area contributed by atoms with E-state index in [1.807, 2.05) is 42.6 Å². The summed E-state index contributed by atoms with van der Waals surface area (Å²) in [5.74, 6) is -0.887. The highest BCUT2D eigenvalue weighted by Crippen LogP contribution is 2.33. The van der Waals surface area contributed by atoms with Gasteiger partial charge in [-0.1, -0.05) is 18.2 Å². The van der Waals surface area contributed by atoms with Crippen LogP contribution < -0.4 is 4.90 Å². The van der Waals surface area contributed by atoms with Crippen molar-refractivity contribution < 1.29 is 9.59 Å². The minimum absolute atomic E-state index is 0.438. The minimum Gasteiger partial charge on any atom is -0.305 e. The molecule has 2 aromatic heterocycles. The van der Waals surface area contributed by atoms with E-state index < -0.39 is 11.7 Å². The Bertz CT molecular complexity index is 956. The minimum atomic E-state index is -0.450. The molecule has 0 atom stereocenters. The maximum Gasteiger partial charge on any atom is 0.299 e. The first-order valence-corrected chi connectivity index (χ1v) is 8.53. The third kappa shape index (κ3) is 2.99. The average Bonchev–Trinajstić information content (AvgIpc) is 2.94. The molecule has 0 aliphatic carbocycles. The van der Waals surface area contributed by atoms with E-state index in [-0.39, 0.29) is 0 Å². The van der Waals surface area contributed by atoms with Crippen molar-refractivity contribution >= 4 is 17.4 Å². The highest BCUT2D eigenvalue weighted by Gasteiger charge is 2.35. The molecule has 4 rings (SSSR count). The standard InChI is InChI=1S/C21H17N3O2/c25-20-18-12-16(17-6-2-10-23-14-17)7-8-19(18)24(21(20)26)11-3-5-15-4-1-9-22-13-15/h1-2,4,6-10,12-14H,3,5,11H2. The Labute approximate surface area is 151 Å². The van der Waals surface area contributed by atoms with E-state index in [1.54, 1.807) is 29.6 Å². The Morgan fingerprint density at radius 3 is 2.42 bits per heavy atom. The van der Waals surface area contributed by atoms with Crippen LogP contribution in [0.15, 0.2) is 67.3 Å². The smallest absolute Gasteiger partial charge is 0.299 e. The molecule has 3 heterocycles. The summed E-state index contributed by atoms with van der Waals surface area (Å²) in [5.41, 5.74) is 4.09. The fourth-order valence-electron chi connectivity index (χ4n) is 3.22. The molecule has 0 radical (unpaired) electrons. The molecular weight excluding hydrogens is 326 g/mol. The van der Waals surface area contributed by atoms with Crippen molar-refractivity contribution in [1.29, 1.82) is 0 Å². The first kappa shape index (κ1) is 16.1. The van der Waals surface area contributed by atoms with Crippen molar-refractivity contribution in [1.82, 2.24) is 9.97 Å². The molecule has 5 heteroatoms. The normalized spacial score (nSPS) is 13.2. The number of fused-ring (bicyclic) bond motifs is 1. The van der Waals surface area contributed by atoms with Gasteiger partial charge >= 0.3 is 0 Å². The quantitative estimate of drug-likeness (QED) is 0.667. The van der Waals surface area contributed by atoms with Crippen LogP contribution in [0.2, 0.25) is 0 Å². The largest absolute Gasteiger partial charge is 0.305 e. The molecule has 1 amide bonds. The molecule has 1 aromatic carbocycles. The van der Waals surface area contributed by atoms with Crippen molar-refractivity contribution in [2.75, 3.05) is 11.4 Å². The molecule has 0 spiro atoms. The van der Waals surface area contributed by atoms with Crippen LogP contribution in [-0.2, 0) is 11.2 Å². The monoisotopic (exact) mass is 343 g/mol. The van der Waals surface area contributed by atoms with Gasteiger partial charge in [-0.15, -0.1) is 0 Å². The van der Waals surface area contributed by atoms with Crippen molar-refractivity contribution in [2.45, 2.75) is 12.8 Å². The van der Waals surface area contributed by atoms with Gasteiger partial charge in [0.05, 0.1) is 11.3 Å². The summed E-state index contributed by atoms with van der Waals surface area (Å²) >= 11 is 0. The summed E-state index contributed by atoms with van der Waals surface area (Å²) < 4.78 is 0. The fraction of sp³-hybridized carbons (Fsp3) is 0.143. The number of pyridine rings is 2. The number of nitrogens with zero attached hydrogens (tertiary/aromatic N) is 3. The Kier molecular flexibility index (Phi) is 4.27. The number of benzene rings is 1. The molecule has 1 aliphatic rings. The van der Waals surface area contributed by atoms with Crippen molar-refractivity contribution in [3.05, 3.63) is 78.4 Å². The number of carbonyl (C=O) groups excluding carboxylic acids is 2. The summed E-state index contributed by atoms with van der Waals surface area (Å²) in [4.78, 5) is 34.6. The molecule has 5 nitrogen and oxygen atoms in total. The van der Waals surface area contributed by atoms with Gasteiger partial charge in [0.1, 0.15) is 0 Å². The number of hydrogen-bond donors (Lipinski definition) is 0. The predicted octanol–water partition coefficient (Wildman–Crippen LogP) is 3.31. The van der Waals surface area contributed by atoms with Gasteiger partial charge in [-0.25, -0.2) is 0 Å². The van der Waals surface area contributed by atoms with Crippen molar-refractivity contribution in [3.63, 3.8) is 0 Å². The zero-order valence-electron chi connectivity index (χ0n) is 14.1. The van der Waals surface area contributed by atoms with Gasteiger partial charge in [0, 0.05) is 36.9 Å². The second-order valence-corrected chi connectivity index (χ2v) is 6.22. The first-order chi connectivity index (χ1) is 12.7. The summed E-state index contributed by atoms with van der Waals surface area (Å²) in [5, 5.41) is 0. The summed E-state index contributed by atoms with van der Waals surface area (Å²) in [6.45, 7) is 0.513. The van der Waals surface area contributed by atoms with E-state index in [9.17, 15) is 9.59 Å². The summed E-state index contributed by atoms with van der Waals surface area (Å²) in [7, 11) is 0. The molecule has 0 bridgehead atoms. The molecule has 0 fully saturated rings. The highest BCUT2D eigenvalue weighted by molar-refractivity contribution is 6.52. The van der Waals surface area contributed by atoms with E-state index in [2.05, 4.69) is 9.97 Å². The van der Waals surface area contributed by atoms with Crippen LogP contribution in [0.5, 0.6) is 0 Å². The Morgan fingerprint density at radius 2 is 1.69 bits per heavy atom. The van der Waals surface area contributed by atoms with Crippen LogP contribution in [0.25, 0.3) is 11.1 Å². The second kappa shape index (κ2) is 6.88. The number of hydrogen-bond acceptors (Lipinski definition) is 4. The molecule has 0 saturated carbocycles. The van der Waals surface area contributed by atoms with Gasteiger partial charge in [0.25, 0.3) is 11.7 Å². The highest BCUT2D eigenvalue weighted by atomic mass is 16.2. The Morgan fingerprint density at radius 1 is 0.885 bits per heavy atom. The van der Waals surface area contributed by atoms with Crippen LogP contribution in [0.1, 0.15) is 22.3 Å². The number of rotatable bonds is 5. The molecular formula is C21H17N3O2. The van der Waals surface area contributed by atoms with Gasteiger partial charge < -0.3 is 4.90 Å². The number of Topliss-reactive ketones (excluding diaryl/α,β-unsaturated/α-hetero) is 1. The van der Waals surface area contributed by atoms with Crippen LogP contribution in [0.3, 0.4) is 0 Å². The lowest BCUT2D eigenvalue weighted by Gasteiger charge is -2.16. The lowest BCUT2D eigenvalue weighted by atomic mass is 10.0. The molecule has 0 N–H and O–H groups in total. The lowest BCUT2D eigenvalue weighted by Crippen LogP contribution is -2.30. The number of ketones is 1. The average molecular weight is 343 g/mol. The predicted molar refractivity (Wildman–Crippen MR) is 98.9 cm³/mol. The zero-order chi connectivity index (χ0) is 17.9. The van der Waals surface area contributed by atoms with Gasteiger partial charge in [-0.2, -0.15) is 0 Å². The first-order valence-electron chi connectivity index (χ1n) is 8.53. The maximum absolute atomic E-state index is 12.4. The van der Waals surface area contributed by atoms with Gasteiger partial charge in [0.15, 0.2) is 0 Å². The fourth-order valence-corrected chi connectivity index (χ4v) is 3.22. The SMILES string of the molecule is O=C1C(=O)N(CCCc2cccnc2)c2ccc(-c3cccnc3)cc21. The lowest BCUT2D eigenvalue weighted by molar-refractivity contribution is -0.114. The molecule has 1 aliphatic heterocycles. The molecule has 26 heavy (non-hydrogen) atoms. The van der Waals surface area contributed by atoms with Crippen LogP contribution in [0, 0.1) is 0 Å². The summed E-state index contributed by atoms with van der Waals surface area (Å²) in [6.07, 6.45) is 8.60. The zero-order valence-corrected chi connectivity index (χ0v) is 14.1. The van der Waals surface area contributed by atoms with E-state index in [0.29, 0.717) is 17.8 Å².